The van der Waals surface area contributed by atoms with Crippen LogP contribution in [-0.4, -0.2) is 21.5 Å². The number of aromatic nitrogens is 2. The topological polar surface area (TPSA) is 64.0 Å². The molecule has 0 saturated heterocycles. The third kappa shape index (κ3) is 4.89. The Morgan fingerprint density at radius 2 is 1.52 bits per heavy atom. The summed E-state index contributed by atoms with van der Waals surface area (Å²) in [5.41, 5.74) is 5.66. The van der Waals surface area contributed by atoms with Gasteiger partial charge < -0.3 is 5.32 Å². The fraction of sp³-hybridized carbons (Fsp3) is 0.148. The van der Waals surface area contributed by atoms with Crippen molar-refractivity contribution < 1.29 is 9.59 Å². The number of aryl methyl sites for hydroxylation is 2. The van der Waals surface area contributed by atoms with Crippen molar-refractivity contribution in [2.75, 3.05) is 5.32 Å². The Kier molecular flexibility index (Phi) is 6.43. The van der Waals surface area contributed by atoms with Crippen LogP contribution in [0.4, 0.5) is 5.69 Å². The zero-order valence-corrected chi connectivity index (χ0v) is 19.5. The number of nitrogens with one attached hydrogen (secondary N) is 1. The number of hydrogen-bond donors (Lipinski definition) is 1. The number of hydrogen-bond acceptors (Lipinski definition) is 3. The monoisotopic (exact) mass is 457 g/mol. The van der Waals surface area contributed by atoms with Gasteiger partial charge in [-0.2, -0.15) is 5.10 Å². The Morgan fingerprint density at radius 3 is 2.18 bits per heavy atom. The van der Waals surface area contributed by atoms with Gasteiger partial charge in [-0.25, -0.2) is 0 Å². The molecule has 33 heavy (non-hydrogen) atoms. The molecule has 6 heteroatoms. The van der Waals surface area contributed by atoms with E-state index in [4.69, 9.17) is 11.6 Å². The molecule has 1 N–H and O–H groups in total. The largest absolute Gasteiger partial charge is 0.319 e. The molecule has 1 aromatic heterocycles. The minimum Gasteiger partial charge on any atom is -0.319 e. The van der Waals surface area contributed by atoms with Crippen molar-refractivity contribution in [3.8, 4) is 0 Å². The number of rotatable bonds is 6. The lowest BCUT2D eigenvalue weighted by atomic mass is 9.98. The second-order valence-electron chi connectivity index (χ2n) is 8.02. The fourth-order valence-corrected chi connectivity index (χ4v) is 3.84. The molecule has 0 radical (unpaired) electrons. The van der Waals surface area contributed by atoms with Crippen LogP contribution in [0.25, 0.3) is 0 Å². The molecule has 0 aliphatic rings. The maximum atomic E-state index is 13.2. The Hall–Kier alpha value is -3.70. The number of carbonyl (C=O) groups excluding carboxylic acids is 2. The van der Waals surface area contributed by atoms with E-state index in [0.717, 1.165) is 17.0 Å². The molecule has 0 aliphatic heterocycles. The van der Waals surface area contributed by atoms with Gasteiger partial charge in [-0.3, -0.25) is 14.3 Å². The van der Waals surface area contributed by atoms with Crippen molar-refractivity contribution in [3.05, 3.63) is 117 Å². The highest BCUT2D eigenvalue weighted by atomic mass is 35.5. The molecule has 3 aromatic carbocycles. The number of carbonyl (C=O) groups is 2. The van der Waals surface area contributed by atoms with Crippen LogP contribution in [0.1, 0.15) is 48.8 Å². The van der Waals surface area contributed by atoms with Crippen molar-refractivity contribution in [2.24, 2.45) is 0 Å². The molecule has 0 atom stereocenters. The first kappa shape index (κ1) is 22.5. The molecule has 0 unspecified atom stereocenters. The summed E-state index contributed by atoms with van der Waals surface area (Å²) in [5, 5.41) is 8.13. The highest BCUT2D eigenvalue weighted by Gasteiger charge is 2.21. The van der Waals surface area contributed by atoms with Crippen LogP contribution in [-0.2, 0) is 6.54 Å². The van der Waals surface area contributed by atoms with Gasteiger partial charge in [-0.15, -0.1) is 0 Å². The van der Waals surface area contributed by atoms with E-state index in [1.54, 1.807) is 48.5 Å². The molecule has 166 valence electrons. The van der Waals surface area contributed by atoms with Gasteiger partial charge in [-0.05, 0) is 56.7 Å². The summed E-state index contributed by atoms with van der Waals surface area (Å²) in [6, 6.07) is 21.7. The first-order valence-corrected chi connectivity index (χ1v) is 11.0. The summed E-state index contributed by atoms with van der Waals surface area (Å²) >= 11 is 5.94. The second-order valence-corrected chi connectivity index (χ2v) is 8.46. The van der Waals surface area contributed by atoms with Crippen molar-refractivity contribution >= 4 is 29.0 Å². The number of halogens is 1. The molecule has 0 bridgehead atoms. The van der Waals surface area contributed by atoms with Gasteiger partial charge in [0.15, 0.2) is 5.78 Å². The number of ketones is 1. The number of nitrogens with zero attached hydrogens (tertiary/aromatic N) is 2. The first-order chi connectivity index (χ1) is 15.8. The number of anilines is 1. The highest BCUT2D eigenvalue weighted by molar-refractivity contribution is 6.30. The van der Waals surface area contributed by atoms with Crippen LogP contribution in [0, 0.1) is 20.8 Å². The van der Waals surface area contributed by atoms with Crippen molar-refractivity contribution in [3.63, 3.8) is 0 Å². The van der Waals surface area contributed by atoms with Crippen molar-refractivity contribution in [2.45, 2.75) is 27.3 Å². The number of benzene rings is 3. The third-order valence-electron chi connectivity index (χ3n) is 5.60. The molecular weight excluding hydrogens is 434 g/mol. The minimum atomic E-state index is -0.353. The van der Waals surface area contributed by atoms with Crippen molar-refractivity contribution in [1.29, 1.82) is 0 Å². The predicted octanol–water partition coefficient (Wildman–Crippen LogP) is 5.99. The molecule has 1 amide bonds. The van der Waals surface area contributed by atoms with Gasteiger partial charge in [0.2, 0.25) is 0 Å². The summed E-state index contributed by atoms with van der Waals surface area (Å²) < 4.78 is 1.88. The maximum absolute atomic E-state index is 13.2. The normalized spacial score (nSPS) is 10.8. The van der Waals surface area contributed by atoms with E-state index in [1.165, 1.54) is 5.56 Å². The molecular formula is C27H24ClN3O2. The van der Waals surface area contributed by atoms with E-state index in [9.17, 15) is 9.59 Å². The van der Waals surface area contributed by atoms with Gasteiger partial charge in [0.05, 0.1) is 29.2 Å². The molecule has 5 nitrogen and oxygen atoms in total. The lowest BCUT2D eigenvalue weighted by molar-refractivity contribution is 0.0996. The van der Waals surface area contributed by atoms with Crippen LogP contribution in [0.3, 0.4) is 0 Å². The van der Waals surface area contributed by atoms with Gasteiger partial charge in [-0.1, -0.05) is 59.6 Å². The standard InChI is InChI=1S/C27H24ClN3O2/c1-17-8-10-20(11-9-17)16-31-19(3)25(18(2)30-31)29-27(33)24-7-5-4-6-23(24)26(32)21-12-14-22(28)15-13-21/h4-15H,16H2,1-3H3,(H,29,33). The Morgan fingerprint density at radius 1 is 0.879 bits per heavy atom. The fourth-order valence-electron chi connectivity index (χ4n) is 3.71. The molecule has 4 aromatic rings. The quantitative estimate of drug-likeness (QED) is 0.361. The van der Waals surface area contributed by atoms with Crippen LogP contribution < -0.4 is 5.32 Å². The van der Waals surface area contributed by atoms with Gasteiger partial charge in [0, 0.05) is 16.1 Å². The Labute approximate surface area is 198 Å². The van der Waals surface area contributed by atoms with Gasteiger partial charge >= 0.3 is 0 Å². The smallest absolute Gasteiger partial charge is 0.256 e. The van der Waals surface area contributed by atoms with Crippen LogP contribution in [0.5, 0.6) is 0 Å². The van der Waals surface area contributed by atoms with E-state index >= 15 is 0 Å². The third-order valence-corrected chi connectivity index (χ3v) is 5.85. The Bertz CT molecular complexity index is 1320. The molecule has 4 rings (SSSR count). The summed E-state index contributed by atoms with van der Waals surface area (Å²) in [7, 11) is 0. The maximum Gasteiger partial charge on any atom is 0.256 e. The average molecular weight is 458 g/mol. The lowest BCUT2D eigenvalue weighted by Crippen LogP contribution is -2.17. The van der Waals surface area contributed by atoms with E-state index in [1.807, 2.05) is 18.5 Å². The summed E-state index contributed by atoms with van der Waals surface area (Å²) in [4.78, 5) is 26.3. The Balaban J connectivity index is 1.59. The van der Waals surface area contributed by atoms with Crippen LogP contribution in [0.2, 0.25) is 5.02 Å². The zero-order valence-electron chi connectivity index (χ0n) is 18.7. The average Bonchev–Trinajstić information content (AvgIpc) is 3.08. The SMILES string of the molecule is Cc1ccc(Cn2nc(C)c(NC(=O)c3ccccc3C(=O)c3ccc(Cl)cc3)c2C)cc1. The molecule has 0 aliphatic carbocycles. The van der Waals surface area contributed by atoms with E-state index in [-0.39, 0.29) is 11.7 Å². The molecule has 1 heterocycles. The molecule has 0 fully saturated rings. The minimum absolute atomic E-state index is 0.235. The summed E-state index contributed by atoms with van der Waals surface area (Å²) in [6.45, 7) is 6.44. The van der Waals surface area contributed by atoms with Crippen LogP contribution in [0.15, 0.2) is 72.8 Å². The van der Waals surface area contributed by atoms with Crippen molar-refractivity contribution in [1.82, 2.24) is 9.78 Å². The summed E-state index contributed by atoms with van der Waals surface area (Å²) in [5.74, 6) is -0.588. The number of amides is 1. The highest BCUT2D eigenvalue weighted by Crippen LogP contribution is 2.23. The van der Waals surface area contributed by atoms with Crippen LogP contribution >= 0.6 is 11.6 Å². The molecule has 0 spiro atoms. The van der Waals surface area contributed by atoms with E-state index in [0.29, 0.717) is 33.9 Å². The van der Waals surface area contributed by atoms with E-state index in [2.05, 4.69) is 41.6 Å². The summed E-state index contributed by atoms with van der Waals surface area (Å²) in [6.07, 6.45) is 0. The predicted molar refractivity (Wildman–Crippen MR) is 131 cm³/mol. The lowest BCUT2D eigenvalue weighted by Gasteiger charge is -2.11. The second kappa shape index (κ2) is 9.43. The molecule has 0 saturated carbocycles. The first-order valence-electron chi connectivity index (χ1n) is 10.6. The van der Waals surface area contributed by atoms with E-state index < -0.39 is 0 Å². The van der Waals surface area contributed by atoms with Gasteiger partial charge in [0.1, 0.15) is 0 Å². The van der Waals surface area contributed by atoms with Gasteiger partial charge in [0.25, 0.3) is 5.91 Å². The zero-order chi connectivity index (χ0) is 23.5.